The molecule has 0 atom stereocenters. The molecule has 1 aromatic rings. The van der Waals surface area contributed by atoms with Crippen molar-refractivity contribution in [1.82, 2.24) is 4.90 Å². The van der Waals surface area contributed by atoms with Crippen LogP contribution in [0.2, 0.25) is 0 Å². The van der Waals surface area contributed by atoms with Crippen molar-refractivity contribution in [2.24, 2.45) is 11.7 Å². The van der Waals surface area contributed by atoms with E-state index in [1.807, 2.05) is 25.2 Å². The van der Waals surface area contributed by atoms with Crippen molar-refractivity contribution in [2.45, 2.75) is 20.3 Å². The van der Waals surface area contributed by atoms with Gasteiger partial charge in [-0.25, -0.2) is 0 Å². The van der Waals surface area contributed by atoms with Crippen LogP contribution in [0.4, 0.5) is 5.69 Å². The van der Waals surface area contributed by atoms with Gasteiger partial charge in [0, 0.05) is 30.8 Å². The third-order valence-electron chi connectivity index (χ3n) is 2.83. The summed E-state index contributed by atoms with van der Waals surface area (Å²) in [5.41, 5.74) is 7.06. The lowest BCUT2D eigenvalue weighted by molar-refractivity contribution is -0.116. The SMILES string of the molecule is CC(C)CN(C)CCC(=O)Nc1cccc(C(N)=S)c1. The molecule has 0 bridgehead atoms. The van der Waals surface area contributed by atoms with Gasteiger partial charge in [-0.3, -0.25) is 4.79 Å². The number of anilines is 1. The fourth-order valence-electron chi connectivity index (χ4n) is 1.98. The molecule has 0 radical (unpaired) electrons. The molecular weight excluding hydrogens is 270 g/mol. The third-order valence-corrected chi connectivity index (χ3v) is 3.06. The monoisotopic (exact) mass is 293 g/mol. The summed E-state index contributed by atoms with van der Waals surface area (Å²) in [5, 5.41) is 2.87. The van der Waals surface area contributed by atoms with Gasteiger partial charge in [0.05, 0.1) is 0 Å². The van der Waals surface area contributed by atoms with E-state index < -0.39 is 0 Å². The molecule has 0 spiro atoms. The minimum Gasteiger partial charge on any atom is -0.389 e. The Balaban J connectivity index is 2.46. The van der Waals surface area contributed by atoms with Crippen LogP contribution in [0.1, 0.15) is 25.8 Å². The van der Waals surface area contributed by atoms with E-state index in [1.54, 1.807) is 6.07 Å². The van der Waals surface area contributed by atoms with Gasteiger partial charge in [0.2, 0.25) is 5.91 Å². The molecule has 1 amide bonds. The quantitative estimate of drug-likeness (QED) is 0.757. The van der Waals surface area contributed by atoms with Gasteiger partial charge in [0.1, 0.15) is 4.99 Å². The van der Waals surface area contributed by atoms with E-state index >= 15 is 0 Å². The molecule has 0 saturated heterocycles. The average molecular weight is 293 g/mol. The highest BCUT2D eigenvalue weighted by Crippen LogP contribution is 2.11. The molecule has 110 valence electrons. The van der Waals surface area contributed by atoms with Crippen LogP contribution in [0.3, 0.4) is 0 Å². The highest BCUT2D eigenvalue weighted by molar-refractivity contribution is 7.80. The predicted molar refractivity (Wildman–Crippen MR) is 87.9 cm³/mol. The van der Waals surface area contributed by atoms with Crippen LogP contribution in [0.15, 0.2) is 24.3 Å². The topological polar surface area (TPSA) is 58.4 Å². The van der Waals surface area contributed by atoms with Crippen molar-refractivity contribution in [3.8, 4) is 0 Å². The molecule has 1 aromatic carbocycles. The number of hydrogen-bond donors (Lipinski definition) is 2. The summed E-state index contributed by atoms with van der Waals surface area (Å²) in [6, 6.07) is 7.28. The predicted octanol–water partition coefficient (Wildman–Crippen LogP) is 2.24. The van der Waals surface area contributed by atoms with Gasteiger partial charge in [-0.1, -0.05) is 38.2 Å². The first-order valence-electron chi connectivity index (χ1n) is 6.76. The number of hydrogen-bond acceptors (Lipinski definition) is 3. The first kappa shape index (κ1) is 16.6. The van der Waals surface area contributed by atoms with Crippen molar-refractivity contribution in [1.29, 1.82) is 0 Å². The van der Waals surface area contributed by atoms with E-state index in [2.05, 4.69) is 24.1 Å². The molecule has 0 fully saturated rings. The maximum Gasteiger partial charge on any atom is 0.225 e. The number of nitrogens with one attached hydrogen (secondary N) is 1. The first-order chi connectivity index (χ1) is 9.38. The highest BCUT2D eigenvalue weighted by atomic mass is 32.1. The van der Waals surface area contributed by atoms with Crippen LogP contribution in [0.25, 0.3) is 0 Å². The minimum atomic E-state index is 0.000644. The largest absolute Gasteiger partial charge is 0.389 e. The van der Waals surface area contributed by atoms with Crippen molar-refractivity contribution >= 4 is 28.8 Å². The number of carbonyl (C=O) groups is 1. The van der Waals surface area contributed by atoms with Crippen LogP contribution < -0.4 is 11.1 Å². The van der Waals surface area contributed by atoms with Gasteiger partial charge in [0.15, 0.2) is 0 Å². The number of amides is 1. The zero-order valence-corrected chi connectivity index (χ0v) is 13.2. The van der Waals surface area contributed by atoms with Crippen molar-refractivity contribution < 1.29 is 4.79 Å². The third kappa shape index (κ3) is 6.12. The molecule has 4 nitrogen and oxygen atoms in total. The molecule has 0 saturated carbocycles. The molecule has 0 aliphatic heterocycles. The van der Waals surface area contributed by atoms with E-state index in [4.69, 9.17) is 18.0 Å². The highest BCUT2D eigenvalue weighted by Gasteiger charge is 2.07. The summed E-state index contributed by atoms with van der Waals surface area (Å²) in [4.78, 5) is 14.4. The Labute approximate surface area is 126 Å². The number of nitrogens with two attached hydrogens (primary N) is 1. The summed E-state index contributed by atoms with van der Waals surface area (Å²) in [6.45, 7) is 6.07. The second-order valence-corrected chi connectivity index (χ2v) is 5.84. The Bertz CT molecular complexity index is 474. The Morgan fingerprint density at radius 2 is 2.15 bits per heavy atom. The summed E-state index contributed by atoms with van der Waals surface area (Å²) >= 11 is 4.92. The zero-order valence-electron chi connectivity index (χ0n) is 12.3. The van der Waals surface area contributed by atoms with Gasteiger partial charge in [-0.05, 0) is 25.1 Å². The van der Waals surface area contributed by atoms with Crippen molar-refractivity contribution in [3.05, 3.63) is 29.8 Å². The van der Waals surface area contributed by atoms with Gasteiger partial charge >= 0.3 is 0 Å². The maximum atomic E-state index is 11.9. The number of rotatable bonds is 7. The fraction of sp³-hybridized carbons (Fsp3) is 0.467. The fourth-order valence-corrected chi connectivity index (χ4v) is 2.11. The molecule has 5 heteroatoms. The zero-order chi connectivity index (χ0) is 15.1. The Morgan fingerprint density at radius 1 is 1.45 bits per heavy atom. The molecule has 0 aromatic heterocycles. The van der Waals surface area contributed by atoms with E-state index in [1.165, 1.54) is 0 Å². The first-order valence-corrected chi connectivity index (χ1v) is 7.17. The molecule has 0 aliphatic rings. The Morgan fingerprint density at radius 3 is 2.75 bits per heavy atom. The van der Waals surface area contributed by atoms with Crippen LogP contribution in [0.5, 0.6) is 0 Å². The molecule has 3 N–H and O–H groups in total. The summed E-state index contributed by atoms with van der Waals surface area (Å²) in [6.07, 6.45) is 0.473. The van der Waals surface area contributed by atoms with E-state index in [-0.39, 0.29) is 5.91 Å². The molecule has 0 heterocycles. The number of thiocarbonyl (C=S) groups is 1. The second-order valence-electron chi connectivity index (χ2n) is 5.40. The number of nitrogens with zero attached hydrogens (tertiary/aromatic N) is 1. The van der Waals surface area contributed by atoms with E-state index in [0.717, 1.165) is 24.3 Å². The molecule has 20 heavy (non-hydrogen) atoms. The van der Waals surface area contributed by atoms with Gasteiger partial charge in [-0.2, -0.15) is 0 Å². The summed E-state index contributed by atoms with van der Waals surface area (Å²) < 4.78 is 0. The maximum absolute atomic E-state index is 11.9. The van der Waals surface area contributed by atoms with Crippen LogP contribution >= 0.6 is 12.2 Å². The summed E-state index contributed by atoms with van der Waals surface area (Å²) in [7, 11) is 2.03. The number of benzene rings is 1. The summed E-state index contributed by atoms with van der Waals surface area (Å²) in [5.74, 6) is 0.603. The smallest absolute Gasteiger partial charge is 0.225 e. The Hall–Kier alpha value is -1.46. The van der Waals surface area contributed by atoms with E-state index in [9.17, 15) is 4.79 Å². The standard InChI is InChI=1S/C15H23N3OS/c1-11(2)10-18(3)8-7-14(19)17-13-6-4-5-12(9-13)15(16)20/h4-6,9,11H,7-8,10H2,1-3H3,(H2,16,20)(H,17,19). The van der Waals surface area contributed by atoms with E-state index in [0.29, 0.717) is 17.3 Å². The van der Waals surface area contributed by atoms with Crippen LogP contribution in [-0.4, -0.2) is 35.9 Å². The average Bonchev–Trinajstić information content (AvgIpc) is 2.36. The van der Waals surface area contributed by atoms with Gasteiger partial charge in [-0.15, -0.1) is 0 Å². The van der Waals surface area contributed by atoms with Crippen LogP contribution in [0, 0.1) is 5.92 Å². The lowest BCUT2D eigenvalue weighted by atomic mass is 10.2. The van der Waals surface area contributed by atoms with Crippen molar-refractivity contribution in [3.63, 3.8) is 0 Å². The lowest BCUT2D eigenvalue weighted by Gasteiger charge is -2.18. The lowest BCUT2D eigenvalue weighted by Crippen LogP contribution is -2.27. The second kappa shape index (κ2) is 7.97. The minimum absolute atomic E-state index is 0.000644. The molecule has 1 rings (SSSR count). The van der Waals surface area contributed by atoms with Crippen LogP contribution in [-0.2, 0) is 4.79 Å². The van der Waals surface area contributed by atoms with Gasteiger partial charge in [0.25, 0.3) is 0 Å². The van der Waals surface area contributed by atoms with Gasteiger partial charge < -0.3 is 16.0 Å². The molecular formula is C15H23N3OS. The Kier molecular flexibility index (Phi) is 6.61. The molecule has 0 aliphatic carbocycles. The normalized spacial score (nSPS) is 10.8. The van der Waals surface area contributed by atoms with Crippen molar-refractivity contribution in [2.75, 3.05) is 25.5 Å². The number of carbonyl (C=O) groups excluding carboxylic acids is 1. The molecule has 0 unspecified atom stereocenters.